The van der Waals surface area contributed by atoms with Crippen molar-refractivity contribution >= 4 is 0 Å². The molecule has 14 heavy (non-hydrogen) atoms. The minimum Gasteiger partial charge on any atom is -0.496 e. The standard InChI is InChI=1S/C11H15FO2/c1-4-11(2,13)9-6-5-8(12)7-10(9)14-3/h5-7,13H,4H2,1-3H3/t11-/m1/s1. The molecule has 78 valence electrons. The summed E-state index contributed by atoms with van der Waals surface area (Å²) >= 11 is 0. The number of benzene rings is 1. The van der Waals surface area contributed by atoms with Crippen LogP contribution in [0.5, 0.6) is 5.75 Å². The highest BCUT2D eigenvalue weighted by Gasteiger charge is 2.24. The summed E-state index contributed by atoms with van der Waals surface area (Å²) in [6.07, 6.45) is 0.551. The van der Waals surface area contributed by atoms with Crippen LogP contribution in [0.3, 0.4) is 0 Å². The van der Waals surface area contributed by atoms with Crippen LogP contribution in [0.25, 0.3) is 0 Å². The van der Waals surface area contributed by atoms with Crippen LogP contribution in [-0.4, -0.2) is 12.2 Å². The van der Waals surface area contributed by atoms with Crippen LogP contribution in [-0.2, 0) is 5.60 Å². The van der Waals surface area contributed by atoms with Crippen molar-refractivity contribution in [2.75, 3.05) is 7.11 Å². The van der Waals surface area contributed by atoms with Crippen LogP contribution in [0.15, 0.2) is 18.2 Å². The molecule has 1 aromatic carbocycles. The monoisotopic (exact) mass is 198 g/mol. The molecule has 0 spiro atoms. The van der Waals surface area contributed by atoms with Gasteiger partial charge in [0.2, 0.25) is 0 Å². The van der Waals surface area contributed by atoms with E-state index in [2.05, 4.69) is 0 Å². The lowest BCUT2D eigenvalue weighted by Crippen LogP contribution is -2.20. The summed E-state index contributed by atoms with van der Waals surface area (Å²) in [5.74, 6) is 0.0225. The van der Waals surface area contributed by atoms with Gasteiger partial charge in [0.1, 0.15) is 11.6 Å². The zero-order valence-electron chi connectivity index (χ0n) is 8.67. The Labute approximate surface area is 83.3 Å². The Balaban J connectivity index is 3.20. The highest BCUT2D eigenvalue weighted by Crippen LogP contribution is 2.32. The fourth-order valence-corrected chi connectivity index (χ4v) is 1.30. The second-order valence-electron chi connectivity index (χ2n) is 3.47. The SMILES string of the molecule is CC[C@@](C)(O)c1ccc(F)cc1OC. The van der Waals surface area contributed by atoms with Crippen molar-refractivity contribution in [3.8, 4) is 5.75 Å². The van der Waals surface area contributed by atoms with E-state index in [-0.39, 0.29) is 5.82 Å². The molecule has 0 amide bonds. The van der Waals surface area contributed by atoms with E-state index in [1.54, 1.807) is 13.0 Å². The van der Waals surface area contributed by atoms with Crippen molar-refractivity contribution in [2.24, 2.45) is 0 Å². The van der Waals surface area contributed by atoms with Gasteiger partial charge in [0.05, 0.1) is 12.7 Å². The molecule has 0 aromatic heterocycles. The Hall–Kier alpha value is -1.09. The molecule has 1 aromatic rings. The van der Waals surface area contributed by atoms with Gasteiger partial charge in [0, 0.05) is 11.6 Å². The van der Waals surface area contributed by atoms with Crippen molar-refractivity contribution in [1.29, 1.82) is 0 Å². The van der Waals surface area contributed by atoms with Crippen LogP contribution >= 0.6 is 0 Å². The summed E-state index contributed by atoms with van der Waals surface area (Å²) < 4.78 is 17.9. The lowest BCUT2D eigenvalue weighted by molar-refractivity contribution is 0.0504. The Kier molecular flexibility index (Phi) is 3.11. The first-order chi connectivity index (χ1) is 6.51. The molecule has 0 aliphatic carbocycles. The quantitative estimate of drug-likeness (QED) is 0.808. The van der Waals surface area contributed by atoms with Crippen LogP contribution < -0.4 is 4.74 Å². The van der Waals surface area contributed by atoms with Gasteiger partial charge in [0.15, 0.2) is 0 Å². The van der Waals surface area contributed by atoms with Gasteiger partial charge in [-0.15, -0.1) is 0 Å². The summed E-state index contributed by atoms with van der Waals surface area (Å²) in [5.41, 5.74) is -0.358. The molecule has 0 aliphatic rings. The Morgan fingerprint density at radius 1 is 1.50 bits per heavy atom. The predicted octanol–water partition coefficient (Wildman–Crippen LogP) is 2.45. The lowest BCUT2D eigenvalue weighted by Gasteiger charge is -2.24. The molecule has 0 bridgehead atoms. The van der Waals surface area contributed by atoms with E-state index < -0.39 is 5.60 Å². The molecule has 0 saturated carbocycles. The van der Waals surface area contributed by atoms with E-state index in [1.807, 2.05) is 6.92 Å². The second-order valence-corrected chi connectivity index (χ2v) is 3.47. The Bertz CT molecular complexity index is 321. The van der Waals surface area contributed by atoms with Gasteiger partial charge in [-0.05, 0) is 25.5 Å². The molecule has 0 unspecified atom stereocenters. The molecular formula is C11H15FO2. The van der Waals surface area contributed by atoms with E-state index in [1.165, 1.54) is 19.2 Å². The molecule has 0 saturated heterocycles. The molecular weight excluding hydrogens is 183 g/mol. The molecule has 0 heterocycles. The number of methoxy groups -OCH3 is 1. The first-order valence-corrected chi connectivity index (χ1v) is 4.57. The van der Waals surface area contributed by atoms with E-state index >= 15 is 0 Å². The summed E-state index contributed by atoms with van der Waals surface area (Å²) in [5, 5.41) is 9.99. The third-order valence-corrected chi connectivity index (χ3v) is 2.43. The molecule has 0 radical (unpaired) electrons. The minimum atomic E-state index is -0.973. The molecule has 1 N–H and O–H groups in total. The van der Waals surface area contributed by atoms with E-state index in [0.29, 0.717) is 17.7 Å². The van der Waals surface area contributed by atoms with Gasteiger partial charge in [-0.2, -0.15) is 0 Å². The topological polar surface area (TPSA) is 29.5 Å². The zero-order chi connectivity index (χ0) is 10.8. The largest absolute Gasteiger partial charge is 0.496 e. The van der Waals surface area contributed by atoms with E-state index in [4.69, 9.17) is 4.74 Å². The van der Waals surface area contributed by atoms with Crippen LogP contribution in [0.4, 0.5) is 4.39 Å². The second kappa shape index (κ2) is 3.96. The molecule has 2 nitrogen and oxygen atoms in total. The van der Waals surface area contributed by atoms with Crippen LogP contribution in [0.2, 0.25) is 0 Å². The average Bonchev–Trinajstić information content (AvgIpc) is 2.17. The average molecular weight is 198 g/mol. The minimum absolute atomic E-state index is 0.363. The maximum atomic E-state index is 12.9. The van der Waals surface area contributed by atoms with Gasteiger partial charge in [-0.3, -0.25) is 0 Å². The highest BCUT2D eigenvalue weighted by atomic mass is 19.1. The van der Waals surface area contributed by atoms with Gasteiger partial charge in [-0.1, -0.05) is 6.92 Å². The maximum Gasteiger partial charge on any atom is 0.127 e. The summed E-state index contributed by atoms with van der Waals surface area (Å²) in [6, 6.07) is 4.15. The van der Waals surface area contributed by atoms with E-state index in [0.717, 1.165) is 0 Å². The summed E-state index contributed by atoms with van der Waals surface area (Å²) in [4.78, 5) is 0. The number of aliphatic hydroxyl groups is 1. The number of ether oxygens (including phenoxy) is 1. The van der Waals surface area contributed by atoms with Gasteiger partial charge < -0.3 is 9.84 Å². The summed E-state index contributed by atoms with van der Waals surface area (Å²) in [7, 11) is 1.46. The number of hydrogen-bond acceptors (Lipinski definition) is 2. The van der Waals surface area contributed by atoms with Crippen molar-refractivity contribution in [2.45, 2.75) is 25.9 Å². The fraction of sp³-hybridized carbons (Fsp3) is 0.455. The number of hydrogen-bond donors (Lipinski definition) is 1. The van der Waals surface area contributed by atoms with Gasteiger partial charge in [-0.25, -0.2) is 4.39 Å². The van der Waals surface area contributed by atoms with E-state index in [9.17, 15) is 9.50 Å². The lowest BCUT2D eigenvalue weighted by atomic mass is 9.92. The zero-order valence-corrected chi connectivity index (χ0v) is 8.67. The number of rotatable bonds is 3. The molecule has 0 fully saturated rings. The molecule has 1 atom stereocenters. The third-order valence-electron chi connectivity index (χ3n) is 2.43. The smallest absolute Gasteiger partial charge is 0.127 e. The first-order valence-electron chi connectivity index (χ1n) is 4.57. The van der Waals surface area contributed by atoms with Crippen LogP contribution in [0, 0.1) is 5.82 Å². The molecule has 3 heteroatoms. The van der Waals surface area contributed by atoms with Gasteiger partial charge in [0.25, 0.3) is 0 Å². The molecule has 1 rings (SSSR count). The highest BCUT2D eigenvalue weighted by molar-refractivity contribution is 5.38. The third kappa shape index (κ3) is 2.04. The first kappa shape index (κ1) is 11.0. The van der Waals surface area contributed by atoms with Crippen molar-refractivity contribution in [1.82, 2.24) is 0 Å². The van der Waals surface area contributed by atoms with Crippen LogP contribution in [0.1, 0.15) is 25.8 Å². The fourth-order valence-electron chi connectivity index (χ4n) is 1.30. The normalized spacial score (nSPS) is 14.9. The Morgan fingerprint density at radius 2 is 2.14 bits per heavy atom. The maximum absolute atomic E-state index is 12.9. The van der Waals surface area contributed by atoms with Crippen molar-refractivity contribution in [3.63, 3.8) is 0 Å². The predicted molar refractivity (Wildman–Crippen MR) is 52.8 cm³/mol. The summed E-state index contributed by atoms with van der Waals surface area (Å²) in [6.45, 7) is 3.55. The van der Waals surface area contributed by atoms with Crippen molar-refractivity contribution in [3.05, 3.63) is 29.6 Å². The number of halogens is 1. The van der Waals surface area contributed by atoms with Gasteiger partial charge >= 0.3 is 0 Å². The van der Waals surface area contributed by atoms with Crippen molar-refractivity contribution < 1.29 is 14.2 Å². The Morgan fingerprint density at radius 3 is 2.64 bits per heavy atom. The molecule has 0 aliphatic heterocycles.